The summed E-state index contributed by atoms with van der Waals surface area (Å²) in [4.78, 5) is 0. The van der Waals surface area contributed by atoms with E-state index in [1.807, 2.05) is 0 Å². The van der Waals surface area contributed by atoms with Crippen LogP contribution < -0.4 is 5.73 Å². The van der Waals surface area contributed by atoms with Crippen LogP contribution in [0.4, 0.5) is 13.2 Å². The number of rotatable bonds is 3. The smallest absolute Gasteiger partial charge is 0.416 e. The van der Waals surface area contributed by atoms with Gasteiger partial charge in [-0.05, 0) is 12.1 Å². The third kappa shape index (κ3) is 3.09. The molecule has 0 saturated carbocycles. The van der Waals surface area contributed by atoms with Gasteiger partial charge in [0.15, 0.2) is 0 Å². The van der Waals surface area contributed by atoms with Crippen molar-refractivity contribution in [2.75, 3.05) is 6.54 Å². The monoisotopic (exact) mass is 251 g/mol. The molecule has 0 heterocycles. The van der Waals surface area contributed by atoms with E-state index in [2.05, 4.69) is 0 Å². The molecule has 0 amide bonds. The average Bonchev–Trinajstić information content (AvgIpc) is 2.25. The van der Waals surface area contributed by atoms with E-state index < -0.39 is 29.7 Å². The largest absolute Gasteiger partial charge is 0.508 e. The number of hydrogen-bond acceptors (Lipinski definition) is 4. The number of halogens is 3. The fraction of sp³-hybridized carbons (Fsp3) is 0.400. The summed E-state index contributed by atoms with van der Waals surface area (Å²) in [5.41, 5.74) is 3.86. The van der Waals surface area contributed by atoms with Crippen LogP contribution in [0.1, 0.15) is 17.2 Å². The summed E-state index contributed by atoms with van der Waals surface area (Å²) in [6, 6.07) is 2.10. The topological polar surface area (TPSA) is 86.7 Å². The SMILES string of the molecule is NCC(O)C(O)c1ccc(C(F)(F)F)cc1O. The second-order valence-corrected chi connectivity index (χ2v) is 3.52. The highest BCUT2D eigenvalue weighted by Gasteiger charge is 2.32. The van der Waals surface area contributed by atoms with E-state index in [1.54, 1.807) is 0 Å². The van der Waals surface area contributed by atoms with Crippen LogP contribution in [0.2, 0.25) is 0 Å². The first-order valence-corrected chi connectivity index (χ1v) is 4.73. The quantitative estimate of drug-likeness (QED) is 0.639. The van der Waals surface area contributed by atoms with Crippen LogP contribution in [0.5, 0.6) is 5.75 Å². The van der Waals surface area contributed by atoms with Crippen LogP contribution in [0.3, 0.4) is 0 Å². The number of aromatic hydroxyl groups is 1. The molecular formula is C10H12F3NO3. The molecule has 0 bridgehead atoms. The first-order chi connectivity index (χ1) is 7.77. The summed E-state index contributed by atoms with van der Waals surface area (Å²) in [6.07, 6.45) is -7.45. The van der Waals surface area contributed by atoms with Crippen molar-refractivity contribution in [2.45, 2.75) is 18.4 Å². The number of phenolic OH excluding ortho intramolecular Hbond substituents is 1. The summed E-state index contributed by atoms with van der Waals surface area (Å²) >= 11 is 0. The molecule has 17 heavy (non-hydrogen) atoms. The number of aliphatic hydroxyl groups excluding tert-OH is 2. The Hall–Kier alpha value is -1.31. The van der Waals surface area contributed by atoms with Gasteiger partial charge in [0, 0.05) is 12.1 Å². The Labute approximate surface area is 95.1 Å². The minimum absolute atomic E-state index is 0.198. The lowest BCUT2D eigenvalue weighted by atomic mass is 10.0. The van der Waals surface area contributed by atoms with Gasteiger partial charge >= 0.3 is 6.18 Å². The summed E-state index contributed by atoms with van der Waals surface area (Å²) in [5.74, 6) is -0.736. The van der Waals surface area contributed by atoms with Crippen LogP contribution in [-0.4, -0.2) is 28.0 Å². The predicted molar refractivity (Wildman–Crippen MR) is 53.1 cm³/mol. The Kier molecular flexibility index (Phi) is 3.97. The molecule has 0 aliphatic heterocycles. The van der Waals surface area contributed by atoms with Crippen LogP contribution >= 0.6 is 0 Å². The maximum Gasteiger partial charge on any atom is 0.416 e. The minimum atomic E-state index is -4.58. The lowest BCUT2D eigenvalue weighted by Crippen LogP contribution is -2.27. The van der Waals surface area contributed by atoms with Gasteiger partial charge in [-0.2, -0.15) is 13.2 Å². The van der Waals surface area contributed by atoms with Crippen molar-refractivity contribution in [3.8, 4) is 5.75 Å². The lowest BCUT2D eigenvalue weighted by Gasteiger charge is -2.18. The minimum Gasteiger partial charge on any atom is -0.508 e. The molecule has 7 heteroatoms. The van der Waals surface area contributed by atoms with Crippen molar-refractivity contribution in [2.24, 2.45) is 5.73 Å². The van der Waals surface area contributed by atoms with E-state index in [4.69, 9.17) is 5.73 Å². The molecule has 96 valence electrons. The molecule has 0 radical (unpaired) electrons. The maximum atomic E-state index is 12.3. The molecule has 0 spiro atoms. The Morgan fingerprint density at radius 3 is 2.24 bits per heavy atom. The fourth-order valence-corrected chi connectivity index (χ4v) is 1.31. The van der Waals surface area contributed by atoms with Gasteiger partial charge in [-0.15, -0.1) is 0 Å². The highest BCUT2D eigenvalue weighted by atomic mass is 19.4. The molecule has 5 N–H and O–H groups in total. The molecule has 0 aromatic heterocycles. The number of aliphatic hydroxyl groups is 2. The van der Waals surface area contributed by atoms with E-state index in [1.165, 1.54) is 0 Å². The number of alkyl halides is 3. The van der Waals surface area contributed by atoms with E-state index in [9.17, 15) is 28.5 Å². The third-order valence-corrected chi connectivity index (χ3v) is 2.28. The van der Waals surface area contributed by atoms with Gasteiger partial charge in [0.1, 0.15) is 11.9 Å². The molecule has 1 aromatic carbocycles. The predicted octanol–water partition coefficient (Wildman–Crippen LogP) is 0.764. The Bertz CT molecular complexity index is 395. The molecule has 0 aliphatic rings. The van der Waals surface area contributed by atoms with E-state index >= 15 is 0 Å². The normalized spacial score (nSPS) is 15.6. The van der Waals surface area contributed by atoms with Crippen molar-refractivity contribution in [3.63, 3.8) is 0 Å². The van der Waals surface area contributed by atoms with E-state index in [0.717, 1.165) is 6.07 Å². The number of benzene rings is 1. The summed E-state index contributed by atoms with van der Waals surface area (Å²) in [6.45, 7) is -0.276. The van der Waals surface area contributed by atoms with Crippen molar-refractivity contribution in [1.29, 1.82) is 0 Å². The van der Waals surface area contributed by atoms with Gasteiger partial charge in [-0.3, -0.25) is 0 Å². The first-order valence-electron chi connectivity index (χ1n) is 4.73. The summed E-state index contributed by atoms with van der Waals surface area (Å²) in [7, 11) is 0. The molecule has 1 aromatic rings. The molecule has 2 atom stereocenters. The van der Waals surface area contributed by atoms with Gasteiger partial charge in [0.25, 0.3) is 0 Å². The number of nitrogens with two attached hydrogens (primary N) is 1. The molecule has 2 unspecified atom stereocenters. The van der Waals surface area contributed by atoms with Crippen molar-refractivity contribution in [3.05, 3.63) is 29.3 Å². The first kappa shape index (κ1) is 13.8. The Balaban J connectivity index is 3.06. The Morgan fingerprint density at radius 1 is 1.24 bits per heavy atom. The van der Waals surface area contributed by atoms with Gasteiger partial charge in [-0.25, -0.2) is 0 Å². The molecule has 0 fully saturated rings. The zero-order valence-corrected chi connectivity index (χ0v) is 8.65. The van der Waals surface area contributed by atoms with Crippen LogP contribution in [-0.2, 0) is 6.18 Å². The lowest BCUT2D eigenvalue weighted by molar-refractivity contribution is -0.137. The standard InChI is InChI=1S/C10H12F3NO3/c11-10(12,13)5-1-2-6(7(15)3-5)9(17)8(16)4-14/h1-3,8-9,15-17H,4,14H2. The van der Waals surface area contributed by atoms with Gasteiger partial charge in [0.05, 0.1) is 11.7 Å². The van der Waals surface area contributed by atoms with Gasteiger partial charge in [0.2, 0.25) is 0 Å². The van der Waals surface area contributed by atoms with E-state index in [0.29, 0.717) is 12.1 Å². The zero-order chi connectivity index (χ0) is 13.2. The van der Waals surface area contributed by atoms with E-state index in [-0.39, 0.29) is 12.1 Å². The van der Waals surface area contributed by atoms with Crippen LogP contribution in [0.25, 0.3) is 0 Å². The molecule has 4 nitrogen and oxygen atoms in total. The van der Waals surface area contributed by atoms with Crippen LogP contribution in [0.15, 0.2) is 18.2 Å². The highest BCUT2D eigenvalue weighted by Crippen LogP contribution is 2.34. The fourth-order valence-electron chi connectivity index (χ4n) is 1.31. The third-order valence-electron chi connectivity index (χ3n) is 2.28. The van der Waals surface area contributed by atoms with Crippen LogP contribution in [0, 0.1) is 0 Å². The highest BCUT2D eigenvalue weighted by molar-refractivity contribution is 5.39. The molecule has 0 saturated heterocycles. The zero-order valence-electron chi connectivity index (χ0n) is 8.65. The summed E-state index contributed by atoms with van der Waals surface area (Å²) < 4.78 is 36.8. The number of hydrogen-bond donors (Lipinski definition) is 4. The van der Waals surface area contributed by atoms with Gasteiger partial charge < -0.3 is 21.1 Å². The molecule has 0 aliphatic carbocycles. The second kappa shape index (κ2) is 4.91. The van der Waals surface area contributed by atoms with Gasteiger partial charge in [-0.1, -0.05) is 6.07 Å². The Morgan fingerprint density at radius 2 is 1.82 bits per heavy atom. The maximum absolute atomic E-state index is 12.3. The second-order valence-electron chi connectivity index (χ2n) is 3.52. The van der Waals surface area contributed by atoms with Crippen molar-refractivity contribution < 1.29 is 28.5 Å². The number of phenols is 1. The molecule has 1 rings (SSSR count). The average molecular weight is 251 g/mol. The van der Waals surface area contributed by atoms with Crippen molar-refractivity contribution >= 4 is 0 Å². The molecular weight excluding hydrogens is 239 g/mol. The summed E-state index contributed by atoms with van der Waals surface area (Å²) in [5, 5.41) is 28.1. The van der Waals surface area contributed by atoms with Crippen molar-refractivity contribution in [1.82, 2.24) is 0 Å².